The van der Waals surface area contributed by atoms with Gasteiger partial charge in [0.15, 0.2) is 0 Å². The third-order valence-corrected chi connectivity index (χ3v) is 3.26. The fraction of sp³-hybridized carbons (Fsp3) is 0.412. The third-order valence-electron chi connectivity index (χ3n) is 3.26. The molecule has 0 fully saturated rings. The van der Waals surface area contributed by atoms with E-state index in [9.17, 15) is 5.11 Å². The fourth-order valence-electron chi connectivity index (χ4n) is 2.33. The number of aliphatic hydroxyl groups excluding tert-OH is 1. The van der Waals surface area contributed by atoms with Gasteiger partial charge in [0.1, 0.15) is 12.4 Å². The molecule has 2 aromatic carbocycles. The van der Waals surface area contributed by atoms with Crippen molar-refractivity contribution in [2.75, 3.05) is 13.2 Å². The summed E-state index contributed by atoms with van der Waals surface area (Å²) in [5.74, 6) is 0.828. The van der Waals surface area contributed by atoms with Gasteiger partial charge in [-0.2, -0.15) is 0 Å². The Morgan fingerprint density at radius 2 is 1.85 bits per heavy atom. The molecule has 0 bridgehead atoms. The molecule has 0 aliphatic rings. The normalized spacial score (nSPS) is 14.4. The van der Waals surface area contributed by atoms with Crippen LogP contribution in [0.5, 0.6) is 5.75 Å². The highest BCUT2D eigenvalue weighted by Gasteiger charge is 2.24. The molecular formula is C17H23NO2. The molecule has 2 N–H and O–H groups in total. The molecule has 0 aliphatic heterocycles. The summed E-state index contributed by atoms with van der Waals surface area (Å²) in [7, 11) is 0. The zero-order valence-electron chi connectivity index (χ0n) is 12.4. The van der Waals surface area contributed by atoms with Crippen molar-refractivity contribution >= 4 is 10.8 Å². The molecule has 0 saturated heterocycles. The second kappa shape index (κ2) is 6.25. The Kier molecular flexibility index (Phi) is 4.63. The molecule has 1 atom stereocenters. The van der Waals surface area contributed by atoms with Crippen LogP contribution >= 0.6 is 0 Å². The maximum Gasteiger partial charge on any atom is 0.120 e. The van der Waals surface area contributed by atoms with Crippen LogP contribution in [0, 0.1) is 0 Å². The molecule has 0 radical (unpaired) electrons. The van der Waals surface area contributed by atoms with E-state index in [0.717, 1.165) is 11.1 Å². The van der Waals surface area contributed by atoms with Crippen molar-refractivity contribution in [3.05, 3.63) is 42.5 Å². The van der Waals surface area contributed by atoms with Crippen LogP contribution in [0.3, 0.4) is 0 Å². The third kappa shape index (κ3) is 3.71. The predicted molar refractivity (Wildman–Crippen MR) is 83.2 cm³/mol. The van der Waals surface area contributed by atoms with E-state index in [1.807, 2.05) is 31.2 Å². The van der Waals surface area contributed by atoms with E-state index >= 15 is 0 Å². The minimum atomic E-state index is -0.431. The van der Waals surface area contributed by atoms with E-state index in [4.69, 9.17) is 4.74 Å². The summed E-state index contributed by atoms with van der Waals surface area (Å²) in [6, 6.07) is 14.5. The molecule has 20 heavy (non-hydrogen) atoms. The average Bonchev–Trinajstić information content (AvgIpc) is 2.44. The largest absolute Gasteiger partial charge is 0.492 e. The van der Waals surface area contributed by atoms with Gasteiger partial charge < -0.3 is 15.2 Å². The summed E-state index contributed by atoms with van der Waals surface area (Å²) < 4.78 is 5.85. The first-order valence-electron chi connectivity index (χ1n) is 7.02. The summed E-state index contributed by atoms with van der Waals surface area (Å²) >= 11 is 0. The van der Waals surface area contributed by atoms with Crippen LogP contribution in [0.1, 0.15) is 20.8 Å². The molecule has 0 aliphatic carbocycles. The first kappa shape index (κ1) is 14.8. The maximum atomic E-state index is 9.54. The number of nitrogens with one attached hydrogen (secondary N) is 1. The van der Waals surface area contributed by atoms with Gasteiger partial charge in [-0.25, -0.2) is 0 Å². The highest BCUT2D eigenvalue weighted by atomic mass is 16.5. The van der Waals surface area contributed by atoms with Gasteiger partial charge in [-0.3, -0.25) is 0 Å². The van der Waals surface area contributed by atoms with E-state index in [-0.39, 0.29) is 6.61 Å². The van der Waals surface area contributed by atoms with E-state index in [0.29, 0.717) is 12.6 Å². The first-order chi connectivity index (χ1) is 9.52. The minimum absolute atomic E-state index is 0.0404. The molecule has 3 nitrogen and oxygen atoms in total. The standard InChI is InChI=1S/C17H23NO2/c1-13(2)18-17(3,11-19)12-20-16-9-8-14-6-4-5-7-15(14)10-16/h4-10,13,18-19H,11-12H2,1-3H3. The van der Waals surface area contributed by atoms with Crippen LogP contribution in [-0.4, -0.2) is 29.9 Å². The van der Waals surface area contributed by atoms with Gasteiger partial charge in [0, 0.05) is 6.04 Å². The number of fused-ring (bicyclic) bond motifs is 1. The lowest BCUT2D eigenvalue weighted by Crippen LogP contribution is -2.53. The lowest BCUT2D eigenvalue weighted by atomic mass is 10.0. The summed E-state index contributed by atoms with van der Waals surface area (Å²) in [6.07, 6.45) is 0. The van der Waals surface area contributed by atoms with Gasteiger partial charge >= 0.3 is 0 Å². The SMILES string of the molecule is CC(C)NC(C)(CO)COc1ccc2ccccc2c1. The van der Waals surface area contributed by atoms with Gasteiger partial charge in [-0.15, -0.1) is 0 Å². The molecule has 108 valence electrons. The van der Waals surface area contributed by atoms with Crippen LogP contribution in [0.15, 0.2) is 42.5 Å². The van der Waals surface area contributed by atoms with Crippen LogP contribution in [0.4, 0.5) is 0 Å². The lowest BCUT2D eigenvalue weighted by Gasteiger charge is -2.30. The van der Waals surface area contributed by atoms with Crippen molar-refractivity contribution in [2.45, 2.75) is 32.4 Å². The van der Waals surface area contributed by atoms with Crippen LogP contribution in [0.2, 0.25) is 0 Å². The van der Waals surface area contributed by atoms with Crippen molar-refractivity contribution < 1.29 is 9.84 Å². The number of rotatable bonds is 6. The minimum Gasteiger partial charge on any atom is -0.492 e. The predicted octanol–water partition coefficient (Wildman–Crippen LogP) is 2.97. The van der Waals surface area contributed by atoms with Gasteiger partial charge in [-0.1, -0.05) is 44.2 Å². The molecule has 3 heteroatoms. The molecule has 0 amide bonds. The molecular weight excluding hydrogens is 250 g/mol. The number of hydrogen-bond acceptors (Lipinski definition) is 3. The van der Waals surface area contributed by atoms with Gasteiger partial charge in [0.2, 0.25) is 0 Å². The summed E-state index contributed by atoms with van der Waals surface area (Å²) in [5, 5.41) is 15.2. The van der Waals surface area contributed by atoms with E-state index in [2.05, 4.69) is 37.4 Å². The molecule has 2 aromatic rings. The van der Waals surface area contributed by atoms with Crippen molar-refractivity contribution in [1.82, 2.24) is 5.32 Å². The Morgan fingerprint density at radius 1 is 1.15 bits per heavy atom. The quantitative estimate of drug-likeness (QED) is 0.850. The zero-order chi connectivity index (χ0) is 14.6. The number of aliphatic hydroxyl groups is 1. The Morgan fingerprint density at radius 3 is 2.50 bits per heavy atom. The van der Waals surface area contributed by atoms with Gasteiger partial charge in [0.25, 0.3) is 0 Å². The Labute approximate surface area is 120 Å². The van der Waals surface area contributed by atoms with Crippen molar-refractivity contribution in [3.63, 3.8) is 0 Å². The van der Waals surface area contributed by atoms with Crippen LogP contribution in [-0.2, 0) is 0 Å². The molecule has 0 saturated carbocycles. The first-order valence-corrected chi connectivity index (χ1v) is 7.02. The van der Waals surface area contributed by atoms with Crippen LogP contribution in [0.25, 0.3) is 10.8 Å². The Hall–Kier alpha value is -1.58. The second-order valence-corrected chi connectivity index (χ2v) is 5.82. The molecule has 1 unspecified atom stereocenters. The molecule has 2 rings (SSSR count). The smallest absolute Gasteiger partial charge is 0.120 e. The van der Waals surface area contributed by atoms with Gasteiger partial charge in [0.05, 0.1) is 12.1 Å². The second-order valence-electron chi connectivity index (χ2n) is 5.82. The topological polar surface area (TPSA) is 41.5 Å². The zero-order valence-corrected chi connectivity index (χ0v) is 12.4. The van der Waals surface area contributed by atoms with Crippen LogP contribution < -0.4 is 10.1 Å². The highest BCUT2D eigenvalue weighted by molar-refractivity contribution is 5.83. The molecule has 0 heterocycles. The number of ether oxygens (including phenoxy) is 1. The Bertz CT molecular complexity index is 568. The van der Waals surface area contributed by atoms with E-state index in [1.54, 1.807) is 0 Å². The lowest BCUT2D eigenvalue weighted by molar-refractivity contribution is 0.109. The molecule has 0 aromatic heterocycles. The summed E-state index contributed by atoms with van der Waals surface area (Å²) in [4.78, 5) is 0. The fourth-order valence-corrected chi connectivity index (χ4v) is 2.33. The number of benzene rings is 2. The Balaban J connectivity index is 2.08. The van der Waals surface area contributed by atoms with Gasteiger partial charge in [-0.05, 0) is 29.8 Å². The van der Waals surface area contributed by atoms with E-state index in [1.165, 1.54) is 5.39 Å². The maximum absolute atomic E-state index is 9.54. The summed E-state index contributed by atoms with van der Waals surface area (Å²) in [5.41, 5.74) is -0.431. The number of hydrogen-bond donors (Lipinski definition) is 2. The average molecular weight is 273 g/mol. The summed E-state index contributed by atoms with van der Waals surface area (Å²) in [6.45, 7) is 6.56. The monoisotopic (exact) mass is 273 g/mol. The van der Waals surface area contributed by atoms with Crippen molar-refractivity contribution in [2.24, 2.45) is 0 Å². The van der Waals surface area contributed by atoms with Crippen molar-refractivity contribution in [3.8, 4) is 5.75 Å². The highest BCUT2D eigenvalue weighted by Crippen LogP contribution is 2.21. The van der Waals surface area contributed by atoms with Crippen molar-refractivity contribution in [1.29, 1.82) is 0 Å². The van der Waals surface area contributed by atoms with E-state index < -0.39 is 5.54 Å². The molecule has 0 spiro atoms.